The lowest BCUT2D eigenvalue weighted by atomic mass is 9.99. The van der Waals surface area contributed by atoms with E-state index in [-0.39, 0.29) is 24.5 Å². The molecule has 0 aliphatic heterocycles. The number of alkyl carbamates (subject to hydrolysis) is 1. The summed E-state index contributed by atoms with van der Waals surface area (Å²) < 4.78 is 9.75. The topological polar surface area (TPSA) is 90.6 Å². The third-order valence-electron chi connectivity index (χ3n) is 3.72. The van der Waals surface area contributed by atoms with Gasteiger partial charge in [0.15, 0.2) is 0 Å². The third kappa shape index (κ3) is 6.23. The van der Waals surface area contributed by atoms with Crippen molar-refractivity contribution in [1.82, 2.24) is 5.32 Å². The van der Waals surface area contributed by atoms with Crippen LogP contribution in [0.25, 0.3) is 0 Å². The molecule has 0 radical (unpaired) electrons. The summed E-state index contributed by atoms with van der Waals surface area (Å²) in [6.07, 6.45) is 1.02. The van der Waals surface area contributed by atoms with Gasteiger partial charge in [0, 0.05) is 6.04 Å². The first-order chi connectivity index (χ1) is 9.37. The fourth-order valence-corrected chi connectivity index (χ4v) is 1.60. The second kappa shape index (κ2) is 9.58. The largest absolute Gasteiger partial charge is 0.467 e. The van der Waals surface area contributed by atoms with Gasteiger partial charge in [-0.15, -0.1) is 0 Å². The lowest BCUT2D eigenvalue weighted by molar-refractivity contribution is -0.144. The van der Waals surface area contributed by atoms with Gasteiger partial charge < -0.3 is 20.5 Å². The maximum atomic E-state index is 11.7. The van der Waals surface area contributed by atoms with Crippen molar-refractivity contribution in [2.75, 3.05) is 13.7 Å². The van der Waals surface area contributed by atoms with Crippen LogP contribution in [-0.2, 0) is 14.3 Å². The van der Waals surface area contributed by atoms with Crippen molar-refractivity contribution in [3.05, 3.63) is 0 Å². The Morgan fingerprint density at radius 3 is 2.15 bits per heavy atom. The first kappa shape index (κ1) is 18.7. The third-order valence-corrected chi connectivity index (χ3v) is 3.72. The Kier molecular flexibility index (Phi) is 8.96. The van der Waals surface area contributed by atoms with Gasteiger partial charge in [0.05, 0.1) is 7.11 Å². The number of hydrogen-bond acceptors (Lipinski definition) is 5. The van der Waals surface area contributed by atoms with E-state index in [0.717, 1.165) is 12.8 Å². The monoisotopic (exact) mass is 288 g/mol. The Bertz CT molecular complexity index is 310. The van der Waals surface area contributed by atoms with Gasteiger partial charge in [-0.1, -0.05) is 40.5 Å². The van der Waals surface area contributed by atoms with Crippen LogP contribution in [0.15, 0.2) is 0 Å². The summed E-state index contributed by atoms with van der Waals surface area (Å²) in [7, 11) is 1.30. The van der Waals surface area contributed by atoms with E-state index in [9.17, 15) is 9.59 Å². The van der Waals surface area contributed by atoms with Gasteiger partial charge in [0.1, 0.15) is 12.6 Å². The molecule has 0 aromatic rings. The van der Waals surface area contributed by atoms with Crippen molar-refractivity contribution in [1.29, 1.82) is 0 Å². The van der Waals surface area contributed by atoms with Crippen molar-refractivity contribution in [3.8, 4) is 0 Å². The van der Waals surface area contributed by atoms with Crippen LogP contribution in [0, 0.1) is 11.8 Å². The van der Waals surface area contributed by atoms with Crippen LogP contribution in [0.1, 0.15) is 40.5 Å². The molecule has 0 spiro atoms. The zero-order valence-corrected chi connectivity index (χ0v) is 13.1. The number of carbonyl (C=O) groups excluding carboxylic acids is 2. The number of esters is 1. The lowest BCUT2D eigenvalue weighted by Gasteiger charge is -2.23. The smallest absolute Gasteiger partial charge is 0.407 e. The normalized spacial score (nSPS) is 16.7. The highest BCUT2D eigenvalue weighted by Gasteiger charge is 2.27. The Morgan fingerprint density at radius 2 is 1.70 bits per heavy atom. The fourth-order valence-electron chi connectivity index (χ4n) is 1.60. The highest BCUT2D eigenvalue weighted by Crippen LogP contribution is 2.10. The average molecular weight is 288 g/mol. The molecular weight excluding hydrogens is 260 g/mol. The predicted molar refractivity (Wildman–Crippen MR) is 77.2 cm³/mol. The van der Waals surface area contributed by atoms with Crippen LogP contribution in [0.5, 0.6) is 0 Å². The molecule has 3 N–H and O–H groups in total. The van der Waals surface area contributed by atoms with E-state index in [2.05, 4.69) is 10.1 Å². The van der Waals surface area contributed by atoms with Crippen LogP contribution in [0.4, 0.5) is 4.79 Å². The highest BCUT2D eigenvalue weighted by molar-refractivity contribution is 5.81. The van der Waals surface area contributed by atoms with E-state index in [1.165, 1.54) is 7.11 Å². The van der Waals surface area contributed by atoms with E-state index in [4.69, 9.17) is 10.5 Å². The number of hydrogen-bond donors (Lipinski definition) is 2. The molecule has 6 nitrogen and oxygen atoms in total. The summed E-state index contributed by atoms with van der Waals surface area (Å²) in [5.74, 6) is -0.227. The molecule has 0 unspecified atom stereocenters. The summed E-state index contributed by atoms with van der Waals surface area (Å²) >= 11 is 0. The van der Waals surface area contributed by atoms with Gasteiger partial charge in [-0.3, -0.25) is 0 Å². The van der Waals surface area contributed by atoms with Crippen molar-refractivity contribution >= 4 is 12.1 Å². The number of ether oxygens (including phenoxy) is 2. The van der Waals surface area contributed by atoms with Crippen LogP contribution < -0.4 is 11.1 Å². The summed E-state index contributed by atoms with van der Waals surface area (Å²) in [6, 6.07) is -0.900. The molecule has 6 heteroatoms. The zero-order valence-electron chi connectivity index (χ0n) is 13.1. The number of methoxy groups -OCH3 is 1. The summed E-state index contributed by atoms with van der Waals surface area (Å²) in [4.78, 5) is 23.3. The molecule has 4 atom stereocenters. The van der Waals surface area contributed by atoms with Gasteiger partial charge >= 0.3 is 12.1 Å². The van der Waals surface area contributed by atoms with Crippen molar-refractivity contribution in [2.45, 2.75) is 52.6 Å². The highest BCUT2D eigenvalue weighted by atomic mass is 16.6. The van der Waals surface area contributed by atoms with Gasteiger partial charge in [-0.05, 0) is 11.8 Å². The first-order valence-corrected chi connectivity index (χ1v) is 7.13. The molecule has 0 heterocycles. The van der Waals surface area contributed by atoms with E-state index in [0.29, 0.717) is 0 Å². The molecular formula is C14H28N2O4. The maximum absolute atomic E-state index is 11.7. The van der Waals surface area contributed by atoms with E-state index < -0.39 is 18.1 Å². The minimum atomic E-state index is -0.697. The Balaban J connectivity index is 4.36. The summed E-state index contributed by atoms with van der Waals surface area (Å²) in [5, 5.41) is 2.54. The lowest BCUT2D eigenvalue weighted by Crippen LogP contribution is -2.47. The summed E-state index contributed by atoms with van der Waals surface area (Å²) in [5.41, 5.74) is 5.88. The zero-order chi connectivity index (χ0) is 15.7. The van der Waals surface area contributed by atoms with Crippen molar-refractivity contribution < 1.29 is 19.1 Å². The number of amides is 1. The molecule has 0 aromatic carbocycles. The van der Waals surface area contributed by atoms with E-state index in [1.807, 2.05) is 27.7 Å². The minimum Gasteiger partial charge on any atom is -0.467 e. The number of rotatable bonds is 8. The molecule has 0 saturated carbocycles. The molecule has 0 aliphatic carbocycles. The molecule has 0 aliphatic rings. The minimum absolute atomic E-state index is 0.0294. The summed E-state index contributed by atoms with van der Waals surface area (Å²) in [6.45, 7) is 7.97. The average Bonchev–Trinajstić information content (AvgIpc) is 2.47. The van der Waals surface area contributed by atoms with Crippen LogP contribution in [0.3, 0.4) is 0 Å². The molecule has 0 bridgehead atoms. The Hall–Kier alpha value is -1.30. The van der Waals surface area contributed by atoms with Crippen molar-refractivity contribution in [3.63, 3.8) is 0 Å². The second-order valence-electron chi connectivity index (χ2n) is 5.18. The molecule has 0 fully saturated rings. The van der Waals surface area contributed by atoms with Gasteiger partial charge in [-0.25, -0.2) is 9.59 Å². The maximum Gasteiger partial charge on any atom is 0.407 e. The van der Waals surface area contributed by atoms with Gasteiger partial charge in [0.25, 0.3) is 0 Å². The number of nitrogens with one attached hydrogen (secondary N) is 1. The molecule has 0 aromatic heterocycles. The molecule has 118 valence electrons. The molecule has 20 heavy (non-hydrogen) atoms. The van der Waals surface area contributed by atoms with Crippen LogP contribution >= 0.6 is 0 Å². The Labute approximate surface area is 121 Å². The molecule has 0 saturated heterocycles. The van der Waals surface area contributed by atoms with Gasteiger partial charge in [0.2, 0.25) is 0 Å². The standard InChI is InChI=1S/C14H28N2O4/c1-6-9(3)11(15)8-20-14(18)16-12(10(4)7-2)13(17)19-5/h9-12H,6-8,15H2,1-5H3,(H,16,18)/t9-,10-,11+,12-/m0/s1. The Morgan fingerprint density at radius 1 is 1.15 bits per heavy atom. The SMILES string of the molecule is CC[C@H](C)[C@H](N)COC(=O)N[C@H](C(=O)OC)[C@@H](C)CC. The first-order valence-electron chi connectivity index (χ1n) is 7.13. The molecule has 1 amide bonds. The van der Waals surface area contributed by atoms with E-state index in [1.54, 1.807) is 0 Å². The quantitative estimate of drug-likeness (QED) is 0.663. The second-order valence-corrected chi connectivity index (χ2v) is 5.18. The predicted octanol–water partition coefficient (Wildman–Crippen LogP) is 1.67. The number of carbonyl (C=O) groups is 2. The van der Waals surface area contributed by atoms with Crippen molar-refractivity contribution in [2.24, 2.45) is 17.6 Å². The fraction of sp³-hybridized carbons (Fsp3) is 0.857. The van der Waals surface area contributed by atoms with Crippen LogP contribution in [0.2, 0.25) is 0 Å². The number of nitrogens with two attached hydrogens (primary N) is 1. The van der Waals surface area contributed by atoms with Gasteiger partial charge in [-0.2, -0.15) is 0 Å². The van der Waals surface area contributed by atoms with Crippen LogP contribution in [-0.4, -0.2) is 37.9 Å². The van der Waals surface area contributed by atoms with E-state index >= 15 is 0 Å². The molecule has 0 rings (SSSR count).